The van der Waals surface area contributed by atoms with Gasteiger partial charge in [0.25, 0.3) is 0 Å². The summed E-state index contributed by atoms with van der Waals surface area (Å²) in [5, 5.41) is 12.1. The molecule has 0 aliphatic heterocycles. The minimum Gasteiger partial charge on any atom is -0.379 e. The first-order valence-electron chi connectivity index (χ1n) is 7.10. The van der Waals surface area contributed by atoms with Gasteiger partial charge in [0.15, 0.2) is 0 Å². The highest BCUT2D eigenvalue weighted by Gasteiger charge is 2.08. The second kappa shape index (κ2) is 5.57. The fraction of sp³-hybridized carbons (Fsp3) is 0.333. The van der Waals surface area contributed by atoms with Crippen molar-refractivity contribution in [1.82, 2.24) is 19.4 Å². The highest BCUT2D eigenvalue weighted by atomic mass is 15.2. The fourth-order valence-corrected chi connectivity index (χ4v) is 2.42. The van der Waals surface area contributed by atoms with Crippen LogP contribution in [0, 0.1) is 0 Å². The molecule has 110 valence electrons. The Bertz CT molecular complexity index is 742. The monoisotopic (exact) mass is 284 g/mol. The van der Waals surface area contributed by atoms with E-state index in [9.17, 15) is 0 Å². The minimum atomic E-state index is 0.334. The number of hydrogen-bond donors (Lipinski definition) is 2. The third kappa shape index (κ3) is 2.75. The molecule has 3 rings (SSSR count). The summed E-state index contributed by atoms with van der Waals surface area (Å²) < 4.78 is 3.68. The van der Waals surface area contributed by atoms with Gasteiger partial charge < -0.3 is 11.1 Å². The first-order chi connectivity index (χ1) is 10.2. The molecule has 0 amide bonds. The maximum Gasteiger partial charge on any atom is 0.0893 e. The molecule has 0 spiro atoms. The number of aryl methyl sites for hydroxylation is 1. The first-order valence-corrected chi connectivity index (χ1v) is 7.10. The number of fused-ring (bicyclic) bond motifs is 1. The van der Waals surface area contributed by atoms with E-state index < -0.39 is 0 Å². The average Bonchev–Trinajstić information content (AvgIpc) is 3.06. The Balaban J connectivity index is 1.90. The van der Waals surface area contributed by atoms with Crippen LogP contribution in [0.4, 0.5) is 5.69 Å². The lowest BCUT2D eigenvalue weighted by molar-refractivity contribution is 0.717. The summed E-state index contributed by atoms with van der Waals surface area (Å²) in [5.74, 6) is 0. The van der Waals surface area contributed by atoms with Gasteiger partial charge >= 0.3 is 0 Å². The summed E-state index contributed by atoms with van der Waals surface area (Å²) in [6.45, 7) is 2.80. The van der Waals surface area contributed by atoms with Gasteiger partial charge in [0.05, 0.1) is 23.6 Å². The first kappa shape index (κ1) is 13.6. The molecule has 6 nitrogen and oxygen atoms in total. The molecule has 1 unspecified atom stereocenters. The molecule has 0 saturated carbocycles. The van der Waals surface area contributed by atoms with Crippen molar-refractivity contribution in [3.63, 3.8) is 0 Å². The van der Waals surface area contributed by atoms with Gasteiger partial charge in [-0.05, 0) is 26.0 Å². The number of nitrogens with zero attached hydrogens (tertiary/aromatic N) is 4. The second-order valence-electron chi connectivity index (χ2n) is 5.33. The molecule has 1 atom stereocenters. The number of anilines is 1. The van der Waals surface area contributed by atoms with Crippen molar-refractivity contribution in [1.29, 1.82) is 0 Å². The molecule has 0 fully saturated rings. The predicted octanol–water partition coefficient (Wildman–Crippen LogP) is 1.88. The van der Waals surface area contributed by atoms with Crippen molar-refractivity contribution in [2.45, 2.75) is 19.4 Å². The summed E-state index contributed by atoms with van der Waals surface area (Å²) in [6.07, 6.45) is 8.66. The standard InChI is InChI=1S/C15H20N6/c1-11(5-6-16)19-14-8-18-21-10-12(3-4-15(14)21)13-7-17-20(2)9-13/h3-4,7-11,19H,5-6,16H2,1-2H3. The highest BCUT2D eigenvalue weighted by molar-refractivity contribution is 5.74. The average molecular weight is 284 g/mol. The molecule has 3 heterocycles. The predicted molar refractivity (Wildman–Crippen MR) is 84.2 cm³/mol. The van der Waals surface area contributed by atoms with Crippen LogP contribution in [0.25, 0.3) is 16.6 Å². The molecule has 21 heavy (non-hydrogen) atoms. The molecule has 0 aliphatic rings. The largest absolute Gasteiger partial charge is 0.379 e. The van der Waals surface area contributed by atoms with Gasteiger partial charge in [0, 0.05) is 36.6 Å². The fourth-order valence-electron chi connectivity index (χ4n) is 2.42. The maximum absolute atomic E-state index is 5.59. The topological polar surface area (TPSA) is 73.2 Å². The summed E-state index contributed by atoms with van der Waals surface area (Å²) in [6, 6.07) is 4.50. The van der Waals surface area contributed by atoms with E-state index in [4.69, 9.17) is 5.73 Å². The van der Waals surface area contributed by atoms with Crippen LogP contribution in [-0.2, 0) is 7.05 Å². The summed E-state index contributed by atoms with van der Waals surface area (Å²) in [5.41, 5.74) is 9.87. The highest BCUT2D eigenvalue weighted by Crippen LogP contribution is 2.23. The molecule has 3 aromatic heterocycles. The van der Waals surface area contributed by atoms with E-state index >= 15 is 0 Å². The van der Waals surface area contributed by atoms with Crippen LogP contribution in [0.1, 0.15) is 13.3 Å². The zero-order chi connectivity index (χ0) is 14.8. The van der Waals surface area contributed by atoms with Gasteiger partial charge in [-0.3, -0.25) is 4.68 Å². The van der Waals surface area contributed by atoms with Crippen LogP contribution in [0.5, 0.6) is 0 Å². The Morgan fingerprint density at radius 3 is 2.76 bits per heavy atom. The Hall–Kier alpha value is -2.34. The van der Waals surface area contributed by atoms with Gasteiger partial charge in [0.1, 0.15) is 0 Å². The number of hydrogen-bond acceptors (Lipinski definition) is 4. The second-order valence-corrected chi connectivity index (χ2v) is 5.33. The van der Waals surface area contributed by atoms with Crippen molar-refractivity contribution in [3.8, 4) is 11.1 Å². The van der Waals surface area contributed by atoms with Gasteiger partial charge in [-0.15, -0.1) is 0 Å². The lowest BCUT2D eigenvalue weighted by atomic mass is 10.1. The van der Waals surface area contributed by atoms with Crippen molar-refractivity contribution in [3.05, 3.63) is 36.9 Å². The molecule has 0 saturated heterocycles. The van der Waals surface area contributed by atoms with E-state index in [0.29, 0.717) is 12.6 Å². The quantitative estimate of drug-likeness (QED) is 0.750. The Morgan fingerprint density at radius 1 is 1.19 bits per heavy atom. The normalized spacial score (nSPS) is 12.7. The van der Waals surface area contributed by atoms with E-state index in [-0.39, 0.29) is 0 Å². The van der Waals surface area contributed by atoms with Crippen molar-refractivity contribution < 1.29 is 0 Å². The van der Waals surface area contributed by atoms with Gasteiger partial charge in [-0.1, -0.05) is 6.07 Å². The van der Waals surface area contributed by atoms with E-state index in [0.717, 1.165) is 28.8 Å². The van der Waals surface area contributed by atoms with E-state index in [1.54, 1.807) is 4.68 Å². The van der Waals surface area contributed by atoms with Crippen molar-refractivity contribution >= 4 is 11.2 Å². The van der Waals surface area contributed by atoms with Crippen LogP contribution < -0.4 is 11.1 Å². The lowest BCUT2D eigenvalue weighted by Crippen LogP contribution is -2.19. The lowest BCUT2D eigenvalue weighted by Gasteiger charge is -2.12. The summed E-state index contributed by atoms with van der Waals surface area (Å²) in [7, 11) is 1.91. The molecule has 3 aromatic rings. The molecule has 0 bridgehead atoms. The Kier molecular flexibility index (Phi) is 3.62. The van der Waals surface area contributed by atoms with Crippen LogP contribution in [0.3, 0.4) is 0 Å². The van der Waals surface area contributed by atoms with Gasteiger partial charge in [0.2, 0.25) is 0 Å². The summed E-state index contributed by atoms with van der Waals surface area (Å²) in [4.78, 5) is 0. The molecule has 0 radical (unpaired) electrons. The third-order valence-corrected chi connectivity index (χ3v) is 3.56. The van der Waals surface area contributed by atoms with Crippen molar-refractivity contribution in [2.24, 2.45) is 12.8 Å². The van der Waals surface area contributed by atoms with Crippen LogP contribution in [-0.4, -0.2) is 32.0 Å². The zero-order valence-corrected chi connectivity index (χ0v) is 12.3. The third-order valence-electron chi connectivity index (χ3n) is 3.56. The number of pyridine rings is 1. The number of nitrogens with one attached hydrogen (secondary N) is 1. The number of nitrogens with two attached hydrogens (primary N) is 1. The number of rotatable bonds is 5. The van der Waals surface area contributed by atoms with Crippen molar-refractivity contribution in [2.75, 3.05) is 11.9 Å². The van der Waals surface area contributed by atoms with E-state index in [1.165, 1.54) is 0 Å². The van der Waals surface area contributed by atoms with Gasteiger partial charge in [-0.25, -0.2) is 4.52 Å². The van der Waals surface area contributed by atoms with Crippen LogP contribution in [0.2, 0.25) is 0 Å². The molecular weight excluding hydrogens is 264 g/mol. The zero-order valence-electron chi connectivity index (χ0n) is 12.3. The van der Waals surface area contributed by atoms with E-state index in [2.05, 4.69) is 34.6 Å². The Labute approximate surface area is 123 Å². The molecule has 6 heteroatoms. The minimum absolute atomic E-state index is 0.334. The van der Waals surface area contributed by atoms with E-state index in [1.807, 2.05) is 36.4 Å². The molecule has 0 aliphatic carbocycles. The molecule has 3 N–H and O–H groups in total. The maximum atomic E-state index is 5.59. The summed E-state index contributed by atoms with van der Waals surface area (Å²) >= 11 is 0. The number of aromatic nitrogens is 4. The molecule has 0 aromatic carbocycles. The van der Waals surface area contributed by atoms with Crippen LogP contribution in [0.15, 0.2) is 36.9 Å². The molecular formula is C15H20N6. The smallest absolute Gasteiger partial charge is 0.0893 e. The van der Waals surface area contributed by atoms with Crippen LogP contribution >= 0.6 is 0 Å². The Morgan fingerprint density at radius 2 is 2.05 bits per heavy atom. The SMILES string of the molecule is CC(CCN)Nc1cnn2cc(-c3cnn(C)c3)ccc12. The van der Waals surface area contributed by atoms with Gasteiger partial charge in [-0.2, -0.15) is 10.2 Å².